The average Bonchev–Trinajstić information content (AvgIpc) is 2.85. The van der Waals surface area contributed by atoms with Crippen molar-refractivity contribution in [3.8, 4) is 0 Å². The first-order valence-corrected chi connectivity index (χ1v) is 6.89. The summed E-state index contributed by atoms with van der Waals surface area (Å²) < 4.78 is 12.8. The van der Waals surface area contributed by atoms with E-state index in [0.29, 0.717) is 5.92 Å². The Morgan fingerprint density at radius 2 is 2.37 bits per heavy atom. The molecule has 0 saturated carbocycles. The quantitative estimate of drug-likeness (QED) is 0.816. The van der Waals surface area contributed by atoms with Crippen molar-refractivity contribution in [3.05, 3.63) is 29.8 Å². The fourth-order valence-corrected chi connectivity index (χ4v) is 2.61. The molecule has 5 heteroatoms. The summed E-state index contributed by atoms with van der Waals surface area (Å²) in [6.07, 6.45) is 4.08. The van der Waals surface area contributed by atoms with E-state index in [1.54, 1.807) is 6.07 Å². The highest BCUT2D eigenvalue weighted by atomic mass is 19.1. The van der Waals surface area contributed by atoms with Crippen LogP contribution >= 0.6 is 0 Å². The van der Waals surface area contributed by atoms with Crippen molar-refractivity contribution in [3.63, 3.8) is 0 Å². The molecule has 2 heterocycles. The van der Waals surface area contributed by atoms with Crippen LogP contribution in [0.4, 0.5) is 4.39 Å². The Kier molecular flexibility index (Phi) is 5.24. The zero-order valence-electron chi connectivity index (χ0n) is 11.1. The maximum Gasteiger partial charge on any atom is 0.141 e. The zero-order chi connectivity index (χ0) is 13.7. The molecule has 0 amide bonds. The van der Waals surface area contributed by atoms with Gasteiger partial charge < -0.3 is 15.7 Å². The van der Waals surface area contributed by atoms with E-state index in [1.807, 2.05) is 0 Å². The lowest BCUT2D eigenvalue weighted by molar-refractivity contribution is 0.249. The second-order valence-electron chi connectivity index (χ2n) is 5.26. The first kappa shape index (κ1) is 14.4. The second kappa shape index (κ2) is 6.93. The van der Waals surface area contributed by atoms with Crippen molar-refractivity contribution in [2.24, 2.45) is 11.7 Å². The van der Waals surface area contributed by atoms with Gasteiger partial charge in [-0.2, -0.15) is 0 Å². The number of aliphatic hydroxyl groups excluding tert-OH is 1. The van der Waals surface area contributed by atoms with Gasteiger partial charge in [0.05, 0.1) is 11.9 Å². The molecule has 1 aliphatic rings. The molecule has 2 unspecified atom stereocenters. The van der Waals surface area contributed by atoms with E-state index in [2.05, 4.69) is 9.88 Å². The molecular formula is C14H22FN3O. The van der Waals surface area contributed by atoms with Gasteiger partial charge >= 0.3 is 0 Å². The molecular weight excluding hydrogens is 245 g/mol. The summed E-state index contributed by atoms with van der Waals surface area (Å²) in [5.41, 5.74) is 6.81. The Bertz CT molecular complexity index is 385. The monoisotopic (exact) mass is 267 g/mol. The largest absolute Gasteiger partial charge is 0.396 e. The Balaban J connectivity index is 1.75. The molecule has 1 aromatic heterocycles. The summed E-state index contributed by atoms with van der Waals surface area (Å²) in [7, 11) is 0. The summed E-state index contributed by atoms with van der Waals surface area (Å²) >= 11 is 0. The van der Waals surface area contributed by atoms with E-state index in [9.17, 15) is 4.39 Å². The molecule has 4 nitrogen and oxygen atoms in total. The number of hydrogen-bond donors (Lipinski definition) is 2. The molecule has 19 heavy (non-hydrogen) atoms. The molecule has 1 aliphatic heterocycles. The predicted octanol–water partition coefficient (Wildman–Crippen LogP) is 1.31. The average molecular weight is 267 g/mol. The van der Waals surface area contributed by atoms with Crippen molar-refractivity contribution in [2.45, 2.75) is 25.3 Å². The minimum atomic E-state index is -0.331. The Morgan fingerprint density at radius 1 is 1.53 bits per heavy atom. The van der Waals surface area contributed by atoms with Crippen LogP contribution in [-0.2, 0) is 0 Å². The highest BCUT2D eigenvalue weighted by Crippen LogP contribution is 2.20. The zero-order valence-corrected chi connectivity index (χ0v) is 11.1. The van der Waals surface area contributed by atoms with Gasteiger partial charge in [0.1, 0.15) is 5.82 Å². The van der Waals surface area contributed by atoms with Crippen LogP contribution in [0.15, 0.2) is 18.3 Å². The lowest BCUT2D eigenvalue weighted by atomic mass is 10.1. The van der Waals surface area contributed by atoms with Gasteiger partial charge in [0, 0.05) is 25.7 Å². The molecule has 1 aromatic rings. The third-order valence-electron chi connectivity index (χ3n) is 3.79. The molecule has 0 spiro atoms. The molecule has 3 N–H and O–H groups in total. The van der Waals surface area contributed by atoms with Gasteiger partial charge in [-0.25, -0.2) is 4.39 Å². The number of aromatic nitrogens is 1. The fourth-order valence-electron chi connectivity index (χ4n) is 2.61. The molecule has 2 atom stereocenters. The van der Waals surface area contributed by atoms with E-state index in [-0.39, 0.29) is 18.5 Å². The number of halogens is 1. The number of rotatable bonds is 6. The number of aliphatic hydroxyl groups is 1. The second-order valence-corrected chi connectivity index (χ2v) is 5.26. The van der Waals surface area contributed by atoms with Gasteiger partial charge in [-0.05, 0) is 43.9 Å². The van der Waals surface area contributed by atoms with Crippen LogP contribution in [0, 0.1) is 11.7 Å². The third-order valence-corrected chi connectivity index (χ3v) is 3.79. The smallest absolute Gasteiger partial charge is 0.141 e. The number of nitrogens with two attached hydrogens (primary N) is 1. The molecule has 0 aromatic carbocycles. The summed E-state index contributed by atoms with van der Waals surface area (Å²) in [6, 6.07) is 2.91. The molecule has 0 radical (unpaired) electrons. The Labute approximate surface area is 113 Å². The van der Waals surface area contributed by atoms with Gasteiger partial charge in [-0.15, -0.1) is 0 Å². The maximum atomic E-state index is 12.8. The number of nitrogens with zero attached hydrogens (tertiary/aromatic N) is 2. The topological polar surface area (TPSA) is 62.4 Å². The summed E-state index contributed by atoms with van der Waals surface area (Å²) in [6.45, 7) is 3.33. The molecule has 2 rings (SSSR count). The van der Waals surface area contributed by atoms with E-state index in [1.165, 1.54) is 12.3 Å². The minimum absolute atomic E-state index is 0.141. The number of hydrogen-bond acceptors (Lipinski definition) is 4. The van der Waals surface area contributed by atoms with Crippen LogP contribution in [0.5, 0.6) is 0 Å². The van der Waals surface area contributed by atoms with Crippen LogP contribution in [-0.4, -0.2) is 41.2 Å². The van der Waals surface area contributed by atoms with Crippen LogP contribution < -0.4 is 5.73 Å². The van der Waals surface area contributed by atoms with Crippen molar-refractivity contribution in [1.29, 1.82) is 0 Å². The van der Waals surface area contributed by atoms with Crippen LogP contribution in [0.2, 0.25) is 0 Å². The van der Waals surface area contributed by atoms with Crippen molar-refractivity contribution in [2.75, 3.05) is 26.2 Å². The van der Waals surface area contributed by atoms with Gasteiger partial charge in [0.15, 0.2) is 0 Å². The Hall–Kier alpha value is -1.04. The number of likely N-dealkylation sites (tertiary alicyclic amines) is 1. The molecule has 1 fully saturated rings. The predicted molar refractivity (Wildman–Crippen MR) is 72.0 cm³/mol. The SMILES string of the molecule is NC(CCN1CCC(CCO)C1)c1ccc(F)cn1. The van der Waals surface area contributed by atoms with E-state index in [0.717, 1.165) is 44.6 Å². The van der Waals surface area contributed by atoms with Gasteiger partial charge in [0.25, 0.3) is 0 Å². The van der Waals surface area contributed by atoms with Crippen molar-refractivity contribution in [1.82, 2.24) is 9.88 Å². The van der Waals surface area contributed by atoms with Gasteiger partial charge in [-0.1, -0.05) is 0 Å². The van der Waals surface area contributed by atoms with E-state index >= 15 is 0 Å². The summed E-state index contributed by atoms with van der Waals surface area (Å²) in [5, 5.41) is 8.92. The molecule has 0 aliphatic carbocycles. The third kappa shape index (κ3) is 4.23. The molecule has 1 saturated heterocycles. The first-order valence-electron chi connectivity index (χ1n) is 6.89. The first-order chi connectivity index (χ1) is 9.19. The standard InChI is InChI=1S/C14H22FN3O/c15-12-1-2-14(17-9-12)13(16)4-7-18-6-3-11(10-18)5-8-19/h1-2,9,11,13,19H,3-8,10,16H2. The van der Waals surface area contributed by atoms with Crippen LogP contribution in [0.1, 0.15) is 31.0 Å². The minimum Gasteiger partial charge on any atom is -0.396 e. The molecule has 106 valence electrons. The summed E-state index contributed by atoms with van der Waals surface area (Å²) in [5.74, 6) is 0.285. The number of pyridine rings is 1. The van der Waals surface area contributed by atoms with Crippen LogP contribution in [0.3, 0.4) is 0 Å². The lowest BCUT2D eigenvalue weighted by Gasteiger charge is -2.18. The maximum absolute atomic E-state index is 12.8. The van der Waals surface area contributed by atoms with Crippen molar-refractivity contribution >= 4 is 0 Å². The normalized spacial score (nSPS) is 21.7. The van der Waals surface area contributed by atoms with E-state index in [4.69, 9.17) is 10.8 Å². The lowest BCUT2D eigenvalue weighted by Crippen LogP contribution is -2.26. The summed E-state index contributed by atoms with van der Waals surface area (Å²) in [4.78, 5) is 6.39. The highest BCUT2D eigenvalue weighted by Gasteiger charge is 2.22. The van der Waals surface area contributed by atoms with Gasteiger partial charge in [-0.3, -0.25) is 4.98 Å². The Morgan fingerprint density at radius 3 is 3.05 bits per heavy atom. The van der Waals surface area contributed by atoms with Gasteiger partial charge in [0.2, 0.25) is 0 Å². The van der Waals surface area contributed by atoms with Crippen molar-refractivity contribution < 1.29 is 9.50 Å². The highest BCUT2D eigenvalue weighted by molar-refractivity contribution is 5.09. The van der Waals surface area contributed by atoms with Crippen LogP contribution in [0.25, 0.3) is 0 Å². The molecule has 0 bridgehead atoms. The fraction of sp³-hybridized carbons (Fsp3) is 0.643. The van der Waals surface area contributed by atoms with E-state index < -0.39 is 0 Å².